The largest absolute Gasteiger partial charge is 0.338 e. The number of rotatable bonds is 8. The quantitative estimate of drug-likeness (QED) is 0.551. The number of carbonyl (C=O) groups is 1. The summed E-state index contributed by atoms with van der Waals surface area (Å²) in [7, 11) is 2.12. The van der Waals surface area contributed by atoms with Crippen LogP contribution in [0.5, 0.6) is 0 Å². The molecule has 1 aliphatic rings. The summed E-state index contributed by atoms with van der Waals surface area (Å²) in [5, 5.41) is 3.14. The number of Topliss-reactive ketones (excluding diaryl/α,β-unsaturated/α-hetero) is 1. The number of anilines is 3. The smallest absolute Gasteiger partial charge is 0.233 e. The van der Waals surface area contributed by atoms with Gasteiger partial charge >= 0.3 is 0 Å². The topological polar surface area (TPSA) is 87.1 Å². The number of hydrogen-bond donors (Lipinski definition) is 1. The van der Waals surface area contributed by atoms with Gasteiger partial charge in [0.1, 0.15) is 11.6 Å². The highest BCUT2D eigenvalue weighted by atomic mass is 16.1. The molecule has 1 aliphatic heterocycles. The fraction of sp³-hybridized carbons (Fsp3) is 0.450. The molecule has 0 aromatic carbocycles. The first-order chi connectivity index (χ1) is 13.6. The summed E-state index contributed by atoms with van der Waals surface area (Å²) in [6.45, 7) is 9.40. The van der Waals surface area contributed by atoms with Crippen molar-refractivity contribution in [2.24, 2.45) is 0 Å². The Bertz CT molecular complexity index is 831. The Kier molecular flexibility index (Phi) is 6.65. The summed E-state index contributed by atoms with van der Waals surface area (Å²) in [6.07, 6.45) is 5.17. The number of piperazine rings is 1. The van der Waals surface area contributed by atoms with Gasteiger partial charge in [-0.2, -0.15) is 15.0 Å². The molecular weight excluding hydrogens is 354 g/mol. The number of allylic oxidation sites excluding steroid dienone is 1. The van der Waals surface area contributed by atoms with E-state index < -0.39 is 0 Å². The van der Waals surface area contributed by atoms with Crippen LogP contribution in [0.25, 0.3) is 0 Å². The van der Waals surface area contributed by atoms with Crippen LogP contribution in [0.15, 0.2) is 31.0 Å². The number of pyridine rings is 1. The number of likely N-dealkylation sites (N-methyl/N-ethyl adjacent to an activating group) is 1. The predicted molar refractivity (Wildman–Crippen MR) is 110 cm³/mol. The van der Waals surface area contributed by atoms with Crippen molar-refractivity contribution in [3.05, 3.63) is 42.4 Å². The predicted octanol–water partition coefficient (Wildman–Crippen LogP) is 2.47. The zero-order valence-corrected chi connectivity index (χ0v) is 16.6. The van der Waals surface area contributed by atoms with E-state index in [0.717, 1.165) is 32.0 Å². The second-order valence-electron chi connectivity index (χ2n) is 6.82. The Morgan fingerprint density at radius 3 is 2.75 bits per heavy atom. The highest BCUT2D eigenvalue weighted by molar-refractivity contribution is 5.96. The number of nitrogens with one attached hydrogen (secondary N) is 1. The number of aromatic nitrogens is 4. The van der Waals surface area contributed by atoms with Crippen LogP contribution in [0.4, 0.5) is 17.7 Å². The third kappa shape index (κ3) is 5.10. The maximum atomic E-state index is 12.2. The summed E-state index contributed by atoms with van der Waals surface area (Å²) in [6, 6.07) is 3.45. The van der Waals surface area contributed by atoms with Crippen LogP contribution in [0.1, 0.15) is 35.9 Å². The first kappa shape index (κ1) is 19.9. The van der Waals surface area contributed by atoms with Crippen LogP contribution in [0.2, 0.25) is 0 Å². The van der Waals surface area contributed by atoms with E-state index >= 15 is 0 Å². The number of carbonyl (C=O) groups excluding carboxylic acids is 1. The molecule has 28 heavy (non-hydrogen) atoms. The van der Waals surface area contributed by atoms with Crippen LogP contribution >= 0.6 is 0 Å². The van der Waals surface area contributed by atoms with Crippen molar-refractivity contribution >= 4 is 23.5 Å². The molecule has 0 amide bonds. The molecule has 8 nitrogen and oxygen atoms in total. The van der Waals surface area contributed by atoms with Gasteiger partial charge in [-0.05, 0) is 25.6 Å². The Balaban J connectivity index is 1.79. The molecule has 0 atom stereocenters. The fourth-order valence-corrected chi connectivity index (χ4v) is 2.93. The van der Waals surface area contributed by atoms with E-state index in [1.54, 1.807) is 24.4 Å². The average Bonchev–Trinajstić information content (AvgIpc) is 2.72. The van der Waals surface area contributed by atoms with Crippen molar-refractivity contribution in [1.29, 1.82) is 0 Å². The molecule has 2 aromatic rings. The van der Waals surface area contributed by atoms with Crippen molar-refractivity contribution in [2.75, 3.05) is 43.4 Å². The van der Waals surface area contributed by atoms with Crippen molar-refractivity contribution in [3.8, 4) is 0 Å². The van der Waals surface area contributed by atoms with Crippen molar-refractivity contribution in [1.82, 2.24) is 24.8 Å². The Labute approximate surface area is 165 Å². The second kappa shape index (κ2) is 9.36. The number of hydrogen-bond acceptors (Lipinski definition) is 8. The van der Waals surface area contributed by atoms with E-state index in [2.05, 4.69) is 48.7 Å². The molecule has 148 valence electrons. The second-order valence-corrected chi connectivity index (χ2v) is 6.82. The van der Waals surface area contributed by atoms with Gasteiger partial charge in [-0.15, -0.1) is 6.58 Å². The van der Waals surface area contributed by atoms with Crippen LogP contribution in [0.3, 0.4) is 0 Å². The van der Waals surface area contributed by atoms with Gasteiger partial charge in [-0.25, -0.2) is 4.98 Å². The molecule has 1 fully saturated rings. The molecule has 3 rings (SSSR count). The molecule has 0 radical (unpaired) electrons. The average molecular weight is 381 g/mol. The van der Waals surface area contributed by atoms with E-state index in [0.29, 0.717) is 42.5 Å². The Morgan fingerprint density at radius 2 is 2.04 bits per heavy atom. The van der Waals surface area contributed by atoms with E-state index in [4.69, 9.17) is 0 Å². The van der Waals surface area contributed by atoms with Crippen molar-refractivity contribution < 1.29 is 4.79 Å². The van der Waals surface area contributed by atoms with Crippen molar-refractivity contribution in [3.63, 3.8) is 0 Å². The lowest BCUT2D eigenvalue weighted by molar-refractivity contribution is 0.0983. The van der Waals surface area contributed by atoms with Gasteiger partial charge in [0, 0.05) is 50.8 Å². The van der Waals surface area contributed by atoms with E-state index in [-0.39, 0.29) is 5.78 Å². The number of ketones is 1. The molecule has 3 heterocycles. The summed E-state index contributed by atoms with van der Waals surface area (Å²) in [5.41, 5.74) is 0.614. The van der Waals surface area contributed by atoms with Crippen LogP contribution in [0, 0.1) is 0 Å². The van der Waals surface area contributed by atoms with Gasteiger partial charge in [-0.3, -0.25) is 4.79 Å². The standard InChI is InChI=1S/C20H27N7O/c1-4-6-7-16(28)15-8-9-21-18(14-15)23-19-22-17(5-2)24-20(25-19)27-12-10-26(3)11-13-27/h4,8-9,14H,1,5-7,10-13H2,2-3H3,(H,21,22,23,24,25). The lowest BCUT2D eigenvalue weighted by atomic mass is 10.1. The van der Waals surface area contributed by atoms with Gasteiger partial charge in [0.25, 0.3) is 0 Å². The van der Waals surface area contributed by atoms with Gasteiger partial charge in [0.05, 0.1) is 0 Å². The van der Waals surface area contributed by atoms with Gasteiger partial charge in [0.2, 0.25) is 11.9 Å². The monoisotopic (exact) mass is 381 g/mol. The molecule has 0 bridgehead atoms. The molecule has 2 aromatic heterocycles. The molecule has 0 saturated carbocycles. The fourth-order valence-electron chi connectivity index (χ4n) is 2.93. The molecule has 1 N–H and O–H groups in total. The van der Waals surface area contributed by atoms with E-state index in [9.17, 15) is 4.79 Å². The molecule has 1 saturated heterocycles. The molecule has 0 aliphatic carbocycles. The lowest BCUT2D eigenvalue weighted by Gasteiger charge is -2.32. The molecule has 0 spiro atoms. The minimum Gasteiger partial charge on any atom is -0.338 e. The minimum atomic E-state index is 0.0633. The summed E-state index contributed by atoms with van der Waals surface area (Å²) < 4.78 is 0. The third-order valence-corrected chi connectivity index (χ3v) is 4.67. The SMILES string of the molecule is C=CCCC(=O)c1ccnc(Nc2nc(CC)nc(N3CCN(C)CC3)n2)c1. The number of nitrogens with zero attached hydrogens (tertiary/aromatic N) is 6. The molecule has 0 unspecified atom stereocenters. The maximum Gasteiger partial charge on any atom is 0.233 e. The zero-order valence-electron chi connectivity index (χ0n) is 16.6. The number of aryl methyl sites for hydroxylation is 1. The first-order valence-electron chi connectivity index (χ1n) is 9.64. The Morgan fingerprint density at radius 1 is 1.25 bits per heavy atom. The minimum absolute atomic E-state index is 0.0633. The summed E-state index contributed by atoms with van der Waals surface area (Å²) in [5.74, 6) is 2.46. The van der Waals surface area contributed by atoms with Gasteiger partial charge < -0.3 is 15.1 Å². The van der Waals surface area contributed by atoms with Gasteiger partial charge in [-0.1, -0.05) is 13.0 Å². The summed E-state index contributed by atoms with van der Waals surface area (Å²) >= 11 is 0. The summed E-state index contributed by atoms with van der Waals surface area (Å²) in [4.78, 5) is 34.6. The van der Waals surface area contributed by atoms with Crippen LogP contribution in [-0.4, -0.2) is 63.8 Å². The van der Waals surface area contributed by atoms with E-state index in [1.165, 1.54) is 0 Å². The maximum absolute atomic E-state index is 12.2. The first-order valence-corrected chi connectivity index (χ1v) is 9.64. The van der Waals surface area contributed by atoms with E-state index in [1.807, 2.05) is 6.92 Å². The van der Waals surface area contributed by atoms with Gasteiger partial charge in [0.15, 0.2) is 5.78 Å². The van der Waals surface area contributed by atoms with Crippen LogP contribution < -0.4 is 10.2 Å². The van der Waals surface area contributed by atoms with Crippen LogP contribution in [-0.2, 0) is 6.42 Å². The zero-order chi connectivity index (χ0) is 19.9. The highest BCUT2D eigenvalue weighted by Crippen LogP contribution is 2.17. The Hall–Kier alpha value is -2.87. The lowest BCUT2D eigenvalue weighted by Crippen LogP contribution is -2.45. The normalized spacial score (nSPS) is 14.7. The highest BCUT2D eigenvalue weighted by Gasteiger charge is 2.18. The molecular formula is C20H27N7O. The third-order valence-electron chi connectivity index (χ3n) is 4.67. The molecule has 8 heteroatoms. The van der Waals surface area contributed by atoms with Crippen molar-refractivity contribution in [2.45, 2.75) is 26.2 Å².